The summed E-state index contributed by atoms with van der Waals surface area (Å²) in [5.74, 6) is -0.0128. The van der Waals surface area contributed by atoms with E-state index in [1.165, 1.54) is 11.9 Å². The van der Waals surface area contributed by atoms with Crippen molar-refractivity contribution in [2.45, 2.75) is 40.7 Å². The molecule has 0 aliphatic carbocycles. The first-order valence-electron chi connectivity index (χ1n) is 3.76. The quantitative estimate of drug-likeness (QED) is 0.442. The first-order chi connectivity index (χ1) is 4.95. The fraction of sp³-hybridized carbons (Fsp3) is 0.750. The monoisotopic (exact) mass is 156 g/mol. The van der Waals surface area contributed by atoms with Gasteiger partial charge in [0.2, 0.25) is 5.91 Å². The molecule has 3 heteroatoms. The number of amides is 1. The first-order valence-corrected chi connectivity index (χ1v) is 3.76. The average Bonchev–Trinajstić information content (AvgIpc) is 1.81. The van der Waals surface area contributed by atoms with E-state index in [1.54, 1.807) is 0 Å². The maximum Gasteiger partial charge on any atom is 0.239 e. The summed E-state index contributed by atoms with van der Waals surface area (Å²) in [6.45, 7) is 9.14. The first kappa shape index (κ1) is 10.1. The highest BCUT2D eigenvalue weighted by atomic mass is 16.2. The van der Waals surface area contributed by atoms with Crippen LogP contribution in [0.2, 0.25) is 0 Å². The molecule has 0 aromatic heterocycles. The van der Waals surface area contributed by atoms with E-state index in [2.05, 4.69) is 5.10 Å². The van der Waals surface area contributed by atoms with E-state index in [4.69, 9.17) is 0 Å². The van der Waals surface area contributed by atoms with Gasteiger partial charge in [0.25, 0.3) is 0 Å². The van der Waals surface area contributed by atoms with Gasteiger partial charge in [-0.15, -0.1) is 0 Å². The van der Waals surface area contributed by atoms with Crippen molar-refractivity contribution in [1.29, 1.82) is 0 Å². The van der Waals surface area contributed by atoms with E-state index >= 15 is 0 Å². The molecule has 3 nitrogen and oxygen atoms in total. The Morgan fingerprint density at radius 1 is 1.27 bits per heavy atom. The maximum absolute atomic E-state index is 10.9. The van der Waals surface area contributed by atoms with Crippen LogP contribution in [-0.2, 0) is 4.79 Å². The van der Waals surface area contributed by atoms with Crippen LogP contribution in [0.5, 0.6) is 0 Å². The van der Waals surface area contributed by atoms with Gasteiger partial charge in [-0.3, -0.25) is 4.79 Å². The van der Waals surface area contributed by atoms with E-state index < -0.39 is 0 Å². The van der Waals surface area contributed by atoms with E-state index in [1.807, 2.05) is 27.7 Å². The van der Waals surface area contributed by atoms with Gasteiger partial charge in [0, 0.05) is 18.7 Å². The second-order valence-electron chi connectivity index (χ2n) is 3.00. The fourth-order valence-corrected chi connectivity index (χ4v) is 0.765. The molecule has 0 aliphatic rings. The van der Waals surface area contributed by atoms with Crippen LogP contribution < -0.4 is 0 Å². The number of carbonyl (C=O) groups is 1. The van der Waals surface area contributed by atoms with Gasteiger partial charge in [-0.25, -0.2) is 5.01 Å². The standard InChI is InChI=1S/C8H16N2O/c1-6(2)9-10(7(3)4)8(5)11/h7H,1-5H3. The molecule has 0 aromatic rings. The summed E-state index contributed by atoms with van der Waals surface area (Å²) in [5, 5.41) is 5.56. The predicted octanol–water partition coefficient (Wildman–Crippen LogP) is 1.64. The molecule has 0 bridgehead atoms. The molecule has 0 saturated carbocycles. The summed E-state index contributed by atoms with van der Waals surface area (Å²) in [6, 6.07) is 0.141. The molecule has 0 aromatic carbocycles. The SMILES string of the molecule is CC(=O)N(N=C(C)C)C(C)C. The third-order valence-corrected chi connectivity index (χ3v) is 1.12. The smallest absolute Gasteiger partial charge is 0.239 e. The minimum atomic E-state index is -0.0128. The molecule has 0 radical (unpaired) electrons. The van der Waals surface area contributed by atoms with E-state index in [0.717, 1.165) is 5.71 Å². The Morgan fingerprint density at radius 2 is 1.73 bits per heavy atom. The molecular formula is C8H16N2O. The molecule has 0 saturated heterocycles. The third kappa shape index (κ3) is 3.75. The lowest BCUT2D eigenvalue weighted by molar-refractivity contribution is -0.130. The summed E-state index contributed by atoms with van der Waals surface area (Å²) in [4.78, 5) is 10.9. The van der Waals surface area contributed by atoms with Crippen LogP contribution in [0.3, 0.4) is 0 Å². The minimum absolute atomic E-state index is 0.0128. The highest BCUT2D eigenvalue weighted by molar-refractivity contribution is 5.81. The van der Waals surface area contributed by atoms with E-state index in [9.17, 15) is 4.79 Å². The van der Waals surface area contributed by atoms with Gasteiger partial charge in [0.15, 0.2) is 0 Å². The topological polar surface area (TPSA) is 32.7 Å². The van der Waals surface area contributed by atoms with Crippen LogP contribution in [-0.4, -0.2) is 22.7 Å². The normalized spacial score (nSPS) is 9.64. The van der Waals surface area contributed by atoms with Crippen molar-refractivity contribution in [1.82, 2.24) is 5.01 Å². The third-order valence-electron chi connectivity index (χ3n) is 1.12. The molecule has 1 amide bonds. The predicted molar refractivity (Wildman–Crippen MR) is 46.4 cm³/mol. The van der Waals surface area contributed by atoms with Crippen LogP contribution in [0.4, 0.5) is 0 Å². The number of carbonyl (C=O) groups excluding carboxylic acids is 1. The Kier molecular flexibility index (Phi) is 3.79. The molecule has 0 atom stereocenters. The second kappa shape index (κ2) is 4.11. The number of nitrogens with zero attached hydrogens (tertiary/aromatic N) is 2. The summed E-state index contributed by atoms with van der Waals surface area (Å²) in [7, 11) is 0. The van der Waals surface area contributed by atoms with Crippen molar-refractivity contribution < 1.29 is 4.79 Å². The Morgan fingerprint density at radius 3 is 1.82 bits per heavy atom. The van der Waals surface area contributed by atoms with Crippen LogP contribution in [0, 0.1) is 0 Å². The van der Waals surface area contributed by atoms with Gasteiger partial charge >= 0.3 is 0 Å². The zero-order chi connectivity index (χ0) is 9.02. The average molecular weight is 156 g/mol. The minimum Gasteiger partial charge on any atom is -0.273 e. The molecule has 64 valence electrons. The van der Waals surface area contributed by atoms with Crippen LogP contribution in [0.15, 0.2) is 5.10 Å². The van der Waals surface area contributed by atoms with Gasteiger partial charge in [-0.2, -0.15) is 5.10 Å². The van der Waals surface area contributed by atoms with Crippen molar-refractivity contribution in [2.24, 2.45) is 5.10 Å². The molecule has 0 spiro atoms. The Hall–Kier alpha value is -0.860. The van der Waals surface area contributed by atoms with Crippen molar-refractivity contribution in [2.75, 3.05) is 0 Å². The molecule has 0 unspecified atom stereocenters. The Bertz CT molecular complexity index is 169. The van der Waals surface area contributed by atoms with Crippen molar-refractivity contribution in [3.05, 3.63) is 0 Å². The zero-order valence-corrected chi connectivity index (χ0v) is 7.88. The molecule has 0 N–H and O–H groups in total. The van der Waals surface area contributed by atoms with Gasteiger partial charge in [0.1, 0.15) is 0 Å². The zero-order valence-electron chi connectivity index (χ0n) is 7.88. The van der Waals surface area contributed by atoms with Crippen LogP contribution in [0.1, 0.15) is 34.6 Å². The number of rotatable bonds is 2. The summed E-state index contributed by atoms with van der Waals surface area (Å²) >= 11 is 0. The van der Waals surface area contributed by atoms with Gasteiger partial charge in [-0.05, 0) is 27.7 Å². The van der Waals surface area contributed by atoms with Crippen molar-refractivity contribution >= 4 is 11.6 Å². The molecule has 0 aliphatic heterocycles. The van der Waals surface area contributed by atoms with Gasteiger partial charge in [-0.1, -0.05) is 0 Å². The molecular weight excluding hydrogens is 140 g/mol. The number of hydrogen-bond donors (Lipinski definition) is 0. The van der Waals surface area contributed by atoms with Crippen molar-refractivity contribution in [3.8, 4) is 0 Å². The number of hydrogen-bond acceptors (Lipinski definition) is 2. The lowest BCUT2D eigenvalue weighted by atomic mass is 10.4. The Balaban J connectivity index is 4.36. The van der Waals surface area contributed by atoms with Crippen LogP contribution in [0.25, 0.3) is 0 Å². The summed E-state index contributed by atoms with van der Waals surface area (Å²) in [6.07, 6.45) is 0. The largest absolute Gasteiger partial charge is 0.273 e. The van der Waals surface area contributed by atoms with Gasteiger partial charge in [0.05, 0.1) is 0 Å². The summed E-state index contributed by atoms with van der Waals surface area (Å²) in [5.41, 5.74) is 0.897. The van der Waals surface area contributed by atoms with Gasteiger partial charge < -0.3 is 0 Å². The highest BCUT2D eigenvalue weighted by Gasteiger charge is 2.10. The lowest BCUT2D eigenvalue weighted by Crippen LogP contribution is -2.30. The van der Waals surface area contributed by atoms with E-state index in [-0.39, 0.29) is 11.9 Å². The molecule has 11 heavy (non-hydrogen) atoms. The van der Waals surface area contributed by atoms with Crippen LogP contribution >= 0.6 is 0 Å². The van der Waals surface area contributed by atoms with Crippen molar-refractivity contribution in [3.63, 3.8) is 0 Å². The molecule has 0 fully saturated rings. The lowest BCUT2D eigenvalue weighted by Gasteiger charge is -2.19. The number of hydrazone groups is 1. The maximum atomic E-state index is 10.9. The fourth-order valence-electron chi connectivity index (χ4n) is 0.765. The molecule has 0 heterocycles. The summed E-state index contributed by atoms with van der Waals surface area (Å²) < 4.78 is 0. The van der Waals surface area contributed by atoms with E-state index in [0.29, 0.717) is 0 Å². The molecule has 0 rings (SSSR count). The highest BCUT2D eigenvalue weighted by Crippen LogP contribution is 1.99. The second-order valence-corrected chi connectivity index (χ2v) is 3.00. The Labute approximate surface area is 68.1 Å².